The van der Waals surface area contributed by atoms with Gasteiger partial charge in [0.25, 0.3) is 0 Å². The van der Waals surface area contributed by atoms with Crippen molar-refractivity contribution in [3.63, 3.8) is 0 Å². The van der Waals surface area contributed by atoms with Gasteiger partial charge in [0.1, 0.15) is 5.82 Å². The summed E-state index contributed by atoms with van der Waals surface area (Å²) in [5.74, 6) is -0.590. The molecule has 0 aromatic heterocycles. The van der Waals surface area contributed by atoms with Crippen molar-refractivity contribution < 1.29 is 9.18 Å². The Morgan fingerprint density at radius 1 is 1.50 bits per heavy atom. The van der Waals surface area contributed by atoms with Gasteiger partial charge in [-0.25, -0.2) is 4.39 Å². The largest absolute Gasteiger partial charge is 0.356 e. The normalized spacial score (nSPS) is 10.2. The van der Waals surface area contributed by atoms with Crippen molar-refractivity contribution in [2.45, 2.75) is 26.2 Å². The molecule has 0 spiro atoms. The van der Waals surface area contributed by atoms with Gasteiger partial charge >= 0.3 is 0 Å². The molecule has 1 aromatic carbocycles. The third-order valence-corrected chi connectivity index (χ3v) is 2.45. The van der Waals surface area contributed by atoms with E-state index >= 15 is 0 Å². The Kier molecular flexibility index (Phi) is 5.26. The Morgan fingerprint density at radius 3 is 2.88 bits per heavy atom. The number of unbranched alkanes of at least 4 members (excludes halogenated alkanes) is 1. The molecule has 1 N–H and O–H groups in total. The van der Waals surface area contributed by atoms with Crippen LogP contribution in [0.1, 0.15) is 25.3 Å². The Bertz CT molecular complexity index is 368. The zero-order valence-electron chi connectivity index (χ0n) is 9.22. The number of nitrogens with one attached hydrogen (secondary N) is 1. The van der Waals surface area contributed by atoms with E-state index in [0.717, 1.165) is 12.8 Å². The Morgan fingerprint density at radius 2 is 2.25 bits per heavy atom. The third kappa shape index (κ3) is 4.19. The van der Waals surface area contributed by atoms with Crippen LogP contribution in [0, 0.1) is 5.82 Å². The monoisotopic (exact) mass is 243 g/mol. The van der Waals surface area contributed by atoms with Crippen molar-refractivity contribution in [1.82, 2.24) is 5.32 Å². The summed E-state index contributed by atoms with van der Waals surface area (Å²) in [4.78, 5) is 11.4. The lowest BCUT2D eigenvalue weighted by Gasteiger charge is -2.05. The first-order chi connectivity index (χ1) is 7.63. The van der Waals surface area contributed by atoms with E-state index in [-0.39, 0.29) is 12.3 Å². The molecular weight excluding hydrogens is 229 g/mol. The van der Waals surface area contributed by atoms with Crippen LogP contribution in [0.4, 0.5) is 4.39 Å². The van der Waals surface area contributed by atoms with Crippen LogP contribution in [-0.2, 0) is 11.2 Å². The zero-order chi connectivity index (χ0) is 12.0. The molecule has 0 unspecified atom stereocenters. The second kappa shape index (κ2) is 6.48. The number of rotatable bonds is 5. The minimum atomic E-state index is -0.432. The van der Waals surface area contributed by atoms with Crippen molar-refractivity contribution in [2.24, 2.45) is 0 Å². The summed E-state index contributed by atoms with van der Waals surface area (Å²) in [5.41, 5.74) is 0.374. The van der Waals surface area contributed by atoms with Gasteiger partial charge in [0.15, 0.2) is 0 Å². The molecule has 0 saturated heterocycles. The van der Waals surface area contributed by atoms with E-state index in [2.05, 4.69) is 5.32 Å². The highest BCUT2D eigenvalue weighted by molar-refractivity contribution is 6.30. The van der Waals surface area contributed by atoms with Crippen molar-refractivity contribution >= 4 is 17.5 Å². The number of carbonyl (C=O) groups excluding carboxylic acids is 1. The molecule has 1 amide bonds. The standard InChI is InChI=1S/C12H15ClFNO/c1-2-3-6-15-12(16)7-9-4-5-10(13)8-11(9)14/h4-5,8H,2-3,6-7H2,1H3,(H,15,16). The predicted octanol–water partition coefficient (Wildman–Crippen LogP) is 2.94. The number of hydrogen-bond donors (Lipinski definition) is 1. The molecule has 4 heteroatoms. The fourth-order valence-corrected chi connectivity index (χ4v) is 1.46. The summed E-state index contributed by atoms with van der Waals surface area (Å²) in [7, 11) is 0. The van der Waals surface area contributed by atoms with E-state index in [0.29, 0.717) is 17.1 Å². The van der Waals surface area contributed by atoms with Crippen LogP contribution >= 0.6 is 11.6 Å². The summed E-state index contributed by atoms with van der Waals surface area (Å²) in [5, 5.41) is 3.08. The number of amides is 1. The van der Waals surface area contributed by atoms with Gasteiger partial charge in [0.2, 0.25) is 5.91 Å². The summed E-state index contributed by atoms with van der Waals surface area (Å²) in [6.45, 7) is 2.69. The van der Waals surface area contributed by atoms with Crippen LogP contribution in [0.5, 0.6) is 0 Å². The minimum Gasteiger partial charge on any atom is -0.356 e. The van der Waals surface area contributed by atoms with Gasteiger partial charge < -0.3 is 5.32 Å². The van der Waals surface area contributed by atoms with Gasteiger partial charge in [-0.2, -0.15) is 0 Å². The first-order valence-corrected chi connectivity index (χ1v) is 5.72. The van der Waals surface area contributed by atoms with E-state index in [9.17, 15) is 9.18 Å². The molecule has 16 heavy (non-hydrogen) atoms. The molecule has 1 aromatic rings. The lowest BCUT2D eigenvalue weighted by Crippen LogP contribution is -2.26. The Labute approximate surface area is 99.8 Å². The number of halogens is 2. The first-order valence-electron chi connectivity index (χ1n) is 5.34. The zero-order valence-corrected chi connectivity index (χ0v) is 9.98. The summed E-state index contributed by atoms with van der Waals surface area (Å²) >= 11 is 5.62. The third-order valence-electron chi connectivity index (χ3n) is 2.22. The lowest BCUT2D eigenvalue weighted by molar-refractivity contribution is -0.120. The highest BCUT2D eigenvalue weighted by Gasteiger charge is 2.07. The molecule has 0 aliphatic heterocycles. The second-order valence-electron chi connectivity index (χ2n) is 3.62. The second-order valence-corrected chi connectivity index (χ2v) is 4.05. The van der Waals surface area contributed by atoms with Crippen LogP contribution in [-0.4, -0.2) is 12.5 Å². The van der Waals surface area contributed by atoms with Gasteiger partial charge in [0, 0.05) is 11.6 Å². The van der Waals surface area contributed by atoms with Gasteiger partial charge in [-0.15, -0.1) is 0 Å². The van der Waals surface area contributed by atoms with Crippen molar-refractivity contribution in [3.8, 4) is 0 Å². The van der Waals surface area contributed by atoms with Crippen molar-refractivity contribution in [1.29, 1.82) is 0 Å². The molecule has 2 nitrogen and oxygen atoms in total. The topological polar surface area (TPSA) is 29.1 Å². The molecule has 0 heterocycles. The van der Waals surface area contributed by atoms with Crippen LogP contribution in [0.3, 0.4) is 0 Å². The van der Waals surface area contributed by atoms with Gasteiger partial charge in [-0.1, -0.05) is 31.0 Å². The average Bonchev–Trinajstić information content (AvgIpc) is 2.23. The maximum absolute atomic E-state index is 13.3. The molecule has 0 aliphatic rings. The van der Waals surface area contributed by atoms with Gasteiger partial charge in [0.05, 0.1) is 6.42 Å². The molecule has 0 saturated carbocycles. The number of benzene rings is 1. The van der Waals surface area contributed by atoms with Gasteiger partial charge in [-0.3, -0.25) is 4.79 Å². The van der Waals surface area contributed by atoms with E-state index in [1.54, 1.807) is 6.07 Å². The molecule has 0 bridgehead atoms. The highest BCUT2D eigenvalue weighted by atomic mass is 35.5. The molecule has 0 atom stereocenters. The SMILES string of the molecule is CCCCNC(=O)Cc1ccc(Cl)cc1F. The van der Waals surface area contributed by atoms with Crippen LogP contribution in [0.2, 0.25) is 5.02 Å². The maximum atomic E-state index is 13.3. The summed E-state index contributed by atoms with van der Waals surface area (Å²) in [6, 6.07) is 4.34. The van der Waals surface area contributed by atoms with E-state index < -0.39 is 5.82 Å². The van der Waals surface area contributed by atoms with Crippen molar-refractivity contribution in [3.05, 3.63) is 34.6 Å². The molecule has 88 valence electrons. The van der Waals surface area contributed by atoms with Crippen LogP contribution in [0.25, 0.3) is 0 Å². The summed E-state index contributed by atoms with van der Waals surface area (Å²) in [6.07, 6.45) is 2.02. The molecule has 0 aliphatic carbocycles. The van der Waals surface area contributed by atoms with E-state index in [1.165, 1.54) is 12.1 Å². The Balaban J connectivity index is 2.49. The fraction of sp³-hybridized carbons (Fsp3) is 0.417. The summed E-state index contributed by atoms with van der Waals surface area (Å²) < 4.78 is 13.3. The molecular formula is C12H15ClFNO. The number of carbonyl (C=O) groups is 1. The van der Waals surface area contributed by atoms with Crippen molar-refractivity contribution in [2.75, 3.05) is 6.54 Å². The number of hydrogen-bond acceptors (Lipinski definition) is 1. The maximum Gasteiger partial charge on any atom is 0.224 e. The Hall–Kier alpha value is -1.09. The van der Waals surface area contributed by atoms with Gasteiger partial charge in [-0.05, 0) is 24.1 Å². The lowest BCUT2D eigenvalue weighted by atomic mass is 10.1. The molecule has 0 radical (unpaired) electrons. The smallest absolute Gasteiger partial charge is 0.224 e. The van der Waals surface area contributed by atoms with E-state index in [4.69, 9.17) is 11.6 Å². The average molecular weight is 244 g/mol. The molecule has 1 rings (SSSR count). The molecule has 0 fully saturated rings. The van der Waals surface area contributed by atoms with Crippen LogP contribution < -0.4 is 5.32 Å². The fourth-order valence-electron chi connectivity index (χ4n) is 1.31. The van der Waals surface area contributed by atoms with E-state index in [1.807, 2.05) is 6.92 Å². The highest BCUT2D eigenvalue weighted by Crippen LogP contribution is 2.14. The van der Waals surface area contributed by atoms with Crippen LogP contribution in [0.15, 0.2) is 18.2 Å². The quantitative estimate of drug-likeness (QED) is 0.792. The minimum absolute atomic E-state index is 0.0622. The first kappa shape index (κ1) is 13.0. The predicted molar refractivity (Wildman–Crippen MR) is 63.0 cm³/mol.